The van der Waals surface area contributed by atoms with Gasteiger partial charge in [-0.15, -0.1) is 0 Å². The zero-order chi connectivity index (χ0) is 22.1. The summed E-state index contributed by atoms with van der Waals surface area (Å²) in [6.07, 6.45) is 1.68. The number of hydrogen-bond donors (Lipinski definition) is 2. The molecule has 3 rings (SSSR count). The number of anilines is 1. The molecule has 9 heteroatoms. The Morgan fingerprint density at radius 1 is 1.13 bits per heavy atom. The Hall–Kier alpha value is -2.52. The van der Waals surface area contributed by atoms with Gasteiger partial charge in [-0.3, -0.25) is 4.79 Å². The predicted octanol–water partition coefficient (Wildman–Crippen LogP) is 3.32. The average Bonchev–Trinajstić information content (AvgIpc) is 3.03. The highest BCUT2D eigenvalue weighted by atomic mass is 32.2. The molecule has 2 heterocycles. The molecule has 0 spiro atoms. The van der Waals surface area contributed by atoms with Crippen LogP contribution in [0, 0.1) is 19.8 Å². The summed E-state index contributed by atoms with van der Waals surface area (Å²) in [6.45, 7) is 6.47. The summed E-state index contributed by atoms with van der Waals surface area (Å²) in [5.74, 6) is 1.13. The van der Waals surface area contributed by atoms with Gasteiger partial charge in [-0.1, -0.05) is 6.92 Å². The van der Waals surface area contributed by atoms with E-state index in [2.05, 4.69) is 17.2 Å². The molecule has 1 aromatic carbocycles. The highest BCUT2D eigenvalue weighted by Crippen LogP contribution is 2.32. The fourth-order valence-electron chi connectivity index (χ4n) is 3.81. The van der Waals surface area contributed by atoms with Gasteiger partial charge < -0.3 is 19.8 Å². The summed E-state index contributed by atoms with van der Waals surface area (Å²) in [7, 11) is -0.618. The number of aryl methyl sites for hydroxylation is 1. The number of H-pyrrole nitrogens is 1. The Morgan fingerprint density at radius 3 is 2.37 bits per heavy atom. The third-order valence-electron chi connectivity index (χ3n) is 5.58. The molecule has 164 valence electrons. The predicted molar refractivity (Wildman–Crippen MR) is 115 cm³/mol. The van der Waals surface area contributed by atoms with Gasteiger partial charge in [-0.25, -0.2) is 8.42 Å². The summed E-state index contributed by atoms with van der Waals surface area (Å²) in [5, 5.41) is 2.79. The van der Waals surface area contributed by atoms with Gasteiger partial charge in [0.15, 0.2) is 11.5 Å². The van der Waals surface area contributed by atoms with Crippen LogP contribution in [-0.4, -0.2) is 50.9 Å². The second kappa shape index (κ2) is 8.69. The number of carbonyl (C=O) groups excluding carboxylic acids is 1. The number of methoxy groups -OCH3 is 2. The fraction of sp³-hybridized carbons (Fsp3) is 0.476. The molecule has 8 nitrogen and oxygen atoms in total. The molecule has 2 N–H and O–H groups in total. The van der Waals surface area contributed by atoms with Gasteiger partial charge in [0.1, 0.15) is 10.6 Å². The molecule has 0 saturated carbocycles. The number of rotatable bonds is 6. The van der Waals surface area contributed by atoms with E-state index in [1.54, 1.807) is 32.0 Å². The minimum absolute atomic E-state index is 0.189. The molecule has 0 bridgehead atoms. The van der Waals surface area contributed by atoms with E-state index >= 15 is 0 Å². The third-order valence-corrected chi connectivity index (χ3v) is 7.75. The summed E-state index contributed by atoms with van der Waals surface area (Å²) in [5.41, 5.74) is 1.62. The molecule has 1 amide bonds. The molecular weight excluding hydrogens is 406 g/mol. The zero-order valence-corrected chi connectivity index (χ0v) is 18.9. The van der Waals surface area contributed by atoms with Crippen LogP contribution in [0.1, 0.15) is 41.5 Å². The minimum atomic E-state index is -3.67. The molecule has 1 aromatic heterocycles. The van der Waals surface area contributed by atoms with Crippen molar-refractivity contribution in [1.29, 1.82) is 0 Å². The maximum Gasteiger partial charge on any atom is 0.272 e. The van der Waals surface area contributed by atoms with Crippen molar-refractivity contribution in [2.75, 3.05) is 32.6 Å². The lowest BCUT2D eigenvalue weighted by Crippen LogP contribution is -2.38. The molecule has 1 aliphatic heterocycles. The van der Waals surface area contributed by atoms with Crippen molar-refractivity contribution in [1.82, 2.24) is 9.29 Å². The summed E-state index contributed by atoms with van der Waals surface area (Å²) >= 11 is 0. The molecular formula is C21H29N3O5S. The van der Waals surface area contributed by atoms with Crippen LogP contribution < -0.4 is 14.8 Å². The molecule has 30 heavy (non-hydrogen) atoms. The highest BCUT2D eigenvalue weighted by Gasteiger charge is 2.33. The molecule has 1 fully saturated rings. The molecule has 1 saturated heterocycles. The average molecular weight is 436 g/mol. The molecule has 0 unspecified atom stereocenters. The Kier molecular flexibility index (Phi) is 6.42. The van der Waals surface area contributed by atoms with E-state index in [1.165, 1.54) is 18.5 Å². The number of ether oxygens (including phenoxy) is 2. The number of nitrogens with zero attached hydrogens (tertiary/aromatic N) is 1. The van der Waals surface area contributed by atoms with Crippen molar-refractivity contribution < 1.29 is 22.7 Å². The molecule has 0 aliphatic carbocycles. The normalized spacial score (nSPS) is 15.8. The number of amides is 1. The van der Waals surface area contributed by atoms with Crippen molar-refractivity contribution >= 4 is 21.6 Å². The Labute approximate surface area is 177 Å². The van der Waals surface area contributed by atoms with Crippen molar-refractivity contribution in [3.63, 3.8) is 0 Å². The van der Waals surface area contributed by atoms with E-state index < -0.39 is 15.9 Å². The van der Waals surface area contributed by atoms with Crippen LogP contribution in [0.2, 0.25) is 0 Å². The summed E-state index contributed by atoms with van der Waals surface area (Å²) in [6, 6.07) is 5.03. The SMILES string of the molecule is COc1ccc(NC(=O)c2[nH]c(C)c(S(=O)(=O)N3CCC(C)CC3)c2C)cc1OC. The van der Waals surface area contributed by atoms with Crippen molar-refractivity contribution in [2.24, 2.45) is 5.92 Å². The zero-order valence-electron chi connectivity index (χ0n) is 18.0. The number of hydrogen-bond acceptors (Lipinski definition) is 5. The van der Waals surface area contributed by atoms with Crippen LogP contribution in [0.25, 0.3) is 0 Å². The first kappa shape index (κ1) is 22.2. The lowest BCUT2D eigenvalue weighted by molar-refractivity contribution is 0.102. The maximum absolute atomic E-state index is 13.2. The van der Waals surface area contributed by atoms with Crippen LogP contribution in [0.4, 0.5) is 5.69 Å². The van der Waals surface area contributed by atoms with Crippen molar-refractivity contribution in [3.05, 3.63) is 35.2 Å². The molecule has 0 radical (unpaired) electrons. The third kappa shape index (κ3) is 4.17. The van der Waals surface area contributed by atoms with Crippen LogP contribution in [0.15, 0.2) is 23.1 Å². The number of sulfonamides is 1. The van der Waals surface area contributed by atoms with Gasteiger partial charge in [-0.05, 0) is 50.3 Å². The van der Waals surface area contributed by atoms with E-state index in [1.807, 2.05) is 0 Å². The van der Waals surface area contributed by atoms with Gasteiger partial charge >= 0.3 is 0 Å². The topological polar surface area (TPSA) is 101 Å². The standard InChI is InChI=1S/C21H29N3O5S/c1-13-8-10-24(11-9-13)30(26,27)20-14(2)19(22-15(20)3)21(25)23-16-6-7-17(28-4)18(12-16)29-5/h6-7,12-13,22H,8-11H2,1-5H3,(H,23,25). The van der Waals surface area contributed by atoms with Gasteiger partial charge in [-0.2, -0.15) is 4.31 Å². The first-order valence-corrected chi connectivity index (χ1v) is 11.4. The Morgan fingerprint density at radius 2 is 1.77 bits per heavy atom. The molecule has 0 atom stereocenters. The first-order valence-electron chi connectivity index (χ1n) is 9.91. The van der Waals surface area contributed by atoms with Crippen molar-refractivity contribution in [2.45, 2.75) is 38.5 Å². The van der Waals surface area contributed by atoms with Gasteiger partial charge in [0.05, 0.1) is 14.2 Å². The van der Waals surface area contributed by atoms with E-state index in [0.29, 0.717) is 47.5 Å². The molecule has 2 aromatic rings. The van der Waals surface area contributed by atoms with Crippen LogP contribution >= 0.6 is 0 Å². The quantitative estimate of drug-likeness (QED) is 0.725. The van der Waals surface area contributed by atoms with Crippen LogP contribution in [0.3, 0.4) is 0 Å². The number of aromatic nitrogens is 1. The number of nitrogens with one attached hydrogen (secondary N) is 2. The first-order chi connectivity index (χ1) is 14.2. The number of benzene rings is 1. The lowest BCUT2D eigenvalue weighted by Gasteiger charge is -2.29. The van der Waals surface area contributed by atoms with Gasteiger partial charge in [0.2, 0.25) is 10.0 Å². The monoisotopic (exact) mass is 435 g/mol. The smallest absolute Gasteiger partial charge is 0.272 e. The van der Waals surface area contributed by atoms with Gasteiger partial charge in [0, 0.05) is 30.5 Å². The van der Waals surface area contributed by atoms with Crippen LogP contribution in [-0.2, 0) is 10.0 Å². The van der Waals surface area contributed by atoms with Crippen LogP contribution in [0.5, 0.6) is 11.5 Å². The van der Waals surface area contributed by atoms with E-state index in [4.69, 9.17) is 9.47 Å². The second-order valence-electron chi connectivity index (χ2n) is 7.69. The van der Waals surface area contributed by atoms with E-state index in [-0.39, 0.29) is 10.6 Å². The second-order valence-corrected chi connectivity index (χ2v) is 9.56. The highest BCUT2D eigenvalue weighted by molar-refractivity contribution is 7.89. The summed E-state index contributed by atoms with van der Waals surface area (Å²) in [4.78, 5) is 16.0. The van der Waals surface area contributed by atoms with Gasteiger partial charge in [0.25, 0.3) is 5.91 Å². The number of carbonyl (C=O) groups is 1. The molecule has 1 aliphatic rings. The lowest BCUT2D eigenvalue weighted by atomic mass is 10.0. The Balaban J connectivity index is 1.87. The summed E-state index contributed by atoms with van der Waals surface area (Å²) < 4.78 is 38.4. The number of aromatic amines is 1. The Bertz CT molecular complexity index is 1040. The van der Waals surface area contributed by atoms with Crippen molar-refractivity contribution in [3.8, 4) is 11.5 Å². The maximum atomic E-state index is 13.2. The largest absolute Gasteiger partial charge is 0.493 e. The van der Waals surface area contributed by atoms with E-state index in [9.17, 15) is 13.2 Å². The minimum Gasteiger partial charge on any atom is -0.493 e. The van der Waals surface area contributed by atoms with E-state index in [0.717, 1.165) is 12.8 Å². The number of piperidine rings is 1. The fourth-order valence-corrected chi connectivity index (χ4v) is 5.69.